The molecule has 8 heteroatoms. The van der Waals surface area contributed by atoms with E-state index >= 15 is 0 Å². The van der Waals surface area contributed by atoms with Gasteiger partial charge in [0.2, 0.25) is 10.0 Å². The predicted octanol–water partition coefficient (Wildman–Crippen LogP) is 1.06. The number of rotatable bonds is 5. The molecule has 2 rings (SSSR count). The second kappa shape index (κ2) is 7.10. The van der Waals surface area contributed by atoms with Gasteiger partial charge in [0.05, 0.1) is 4.90 Å². The Morgan fingerprint density at radius 3 is 2.48 bits per heavy atom. The molecule has 23 heavy (non-hydrogen) atoms. The summed E-state index contributed by atoms with van der Waals surface area (Å²) < 4.78 is 26.1. The van der Waals surface area contributed by atoms with Crippen molar-refractivity contribution in [1.29, 1.82) is 0 Å². The van der Waals surface area contributed by atoms with Crippen molar-refractivity contribution in [3.8, 4) is 0 Å². The number of carbonyl (C=O) groups excluding carboxylic acids is 1. The first kappa shape index (κ1) is 17.4. The van der Waals surface area contributed by atoms with Gasteiger partial charge in [0.15, 0.2) is 0 Å². The van der Waals surface area contributed by atoms with E-state index < -0.39 is 22.0 Å². The Morgan fingerprint density at radius 1 is 1.26 bits per heavy atom. The molecule has 1 aliphatic rings. The summed E-state index contributed by atoms with van der Waals surface area (Å²) in [5.74, 6) is -1.39. The van der Waals surface area contributed by atoms with E-state index in [2.05, 4.69) is 4.72 Å². The Balaban J connectivity index is 2.21. The third kappa shape index (κ3) is 3.89. The lowest BCUT2D eigenvalue weighted by Gasteiger charge is -2.33. The highest BCUT2D eigenvalue weighted by molar-refractivity contribution is 7.89. The van der Waals surface area contributed by atoms with Crippen molar-refractivity contribution in [3.63, 3.8) is 0 Å². The van der Waals surface area contributed by atoms with E-state index in [9.17, 15) is 23.1 Å². The Morgan fingerprint density at radius 2 is 1.91 bits per heavy atom. The fraction of sp³-hybridized carbons (Fsp3) is 0.467. The van der Waals surface area contributed by atoms with Gasteiger partial charge in [0, 0.05) is 18.7 Å². The van der Waals surface area contributed by atoms with Gasteiger partial charge in [-0.3, -0.25) is 4.79 Å². The minimum atomic E-state index is -3.57. The number of carbonyl (C=O) groups is 2. The van der Waals surface area contributed by atoms with Crippen LogP contribution in [0.2, 0.25) is 0 Å². The molecule has 0 radical (unpaired) electrons. The van der Waals surface area contributed by atoms with Gasteiger partial charge >= 0.3 is 5.97 Å². The van der Waals surface area contributed by atoms with Gasteiger partial charge in [-0.25, -0.2) is 17.9 Å². The van der Waals surface area contributed by atoms with Crippen molar-refractivity contribution in [2.24, 2.45) is 0 Å². The lowest BCUT2D eigenvalue weighted by Crippen LogP contribution is -2.47. The average Bonchev–Trinajstić information content (AvgIpc) is 2.54. The maximum absolute atomic E-state index is 12.5. The van der Waals surface area contributed by atoms with Crippen LogP contribution in [0, 0.1) is 0 Å². The number of sulfonamides is 1. The van der Waals surface area contributed by atoms with Gasteiger partial charge in [-0.2, -0.15) is 0 Å². The van der Waals surface area contributed by atoms with Crippen molar-refractivity contribution < 1.29 is 23.1 Å². The van der Waals surface area contributed by atoms with Crippen molar-refractivity contribution in [3.05, 3.63) is 29.8 Å². The van der Waals surface area contributed by atoms with Crippen molar-refractivity contribution in [2.45, 2.75) is 37.1 Å². The number of nitrogens with zero attached hydrogens (tertiary/aromatic N) is 1. The molecule has 126 valence electrons. The second-order valence-corrected chi connectivity index (χ2v) is 7.14. The smallest absolute Gasteiger partial charge is 0.326 e. The van der Waals surface area contributed by atoms with Crippen LogP contribution in [-0.2, 0) is 14.8 Å². The number of amides is 1. The molecule has 0 saturated carbocycles. The number of piperidine rings is 1. The first-order valence-corrected chi connectivity index (χ1v) is 8.98. The lowest BCUT2D eigenvalue weighted by molar-refractivity contribution is -0.143. The topological polar surface area (TPSA) is 104 Å². The van der Waals surface area contributed by atoms with Gasteiger partial charge in [-0.15, -0.1) is 0 Å². The summed E-state index contributed by atoms with van der Waals surface area (Å²) >= 11 is 0. The minimum Gasteiger partial charge on any atom is -0.480 e. The van der Waals surface area contributed by atoms with Crippen LogP contribution < -0.4 is 4.72 Å². The molecule has 0 spiro atoms. The summed E-state index contributed by atoms with van der Waals surface area (Å²) in [4.78, 5) is 25.2. The van der Waals surface area contributed by atoms with E-state index in [0.717, 1.165) is 12.8 Å². The standard InChI is InChI=1S/C15H20N2O5S/c1-2-16-23(21,22)12-8-6-11(7-9-12)14(18)17-10-4-3-5-13(17)15(19)20/h6-9,13,16H,2-5,10H2,1H3,(H,19,20)/t13-/m1/s1. The normalized spacial score (nSPS) is 18.7. The van der Waals surface area contributed by atoms with Crippen LogP contribution in [0.3, 0.4) is 0 Å². The summed E-state index contributed by atoms with van der Waals surface area (Å²) in [6, 6.07) is 4.72. The maximum Gasteiger partial charge on any atom is 0.326 e. The molecule has 1 aliphatic heterocycles. The first-order valence-electron chi connectivity index (χ1n) is 7.50. The molecule has 1 amide bonds. The fourth-order valence-electron chi connectivity index (χ4n) is 2.65. The zero-order valence-corrected chi connectivity index (χ0v) is 13.7. The zero-order valence-electron chi connectivity index (χ0n) is 12.9. The van der Waals surface area contributed by atoms with Crippen LogP contribution in [0.1, 0.15) is 36.5 Å². The molecule has 1 aromatic rings. The van der Waals surface area contributed by atoms with Crippen molar-refractivity contribution in [2.75, 3.05) is 13.1 Å². The lowest BCUT2D eigenvalue weighted by atomic mass is 10.0. The molecule has 0 bridgehead atoms. The third-order valence-corrected chi connectivity index (χ3v) is 5.36. The Bertz CT molecular complexity index is 684. The van der Waals surface area contributed by atoms with E-state index in [0.29, 0.717) is 13.0 Å². The number of likely N-dealkylation sites (tertiary alicyclic amines) is 1. The number of hydrogen-bond acceptors (Lipinski definition) is 4. The number of hydrogen-bond donors (Lipinski definition) is 2. The SMILES string of the molecule is CCNS(=O)(=O)c1ccc(C(=O)N2CCCC[C@@H]2C(=O)O)cc1. The number of carboxylic acid groups (broad SMARTS) is 1. The molecule has 7 nitrogen and oxygen atoms in total. The van der Waals surface area contributed by atoms with Gasteiger partial charge in [0.25, 0.3) is 5.91 Å². The second-order valence-electron chi connectivity index (χ2n) is 5.37. The first-order chi connectivity index (χ1) is 10.9. The number of carboxylic acids is 1. The quantitative estimate of drug-likeness (QED) is 0.834. The predicted molar refractivity (Wildman–Crippen MR) is 83.6 cm³/mol. The Kier molecular flexibility index (Phi) is 5.38. The molecule has 2 N–H and O–H groups in total. The molecule has 0 aliphatic carbocycles. The van der Waals surface area contributed by atoms with E-state index in [-0.39, 0.29) is 22.9 Å². The molecule has 1 heterocycles. The zero-order chi connectivity index (χ0) is 17.0. The number of benzene rings is 1. The summed E-state index contributed by atoms with van der Waals surface area (Å²) in [7, 11) is -3.57. The largest absolute Gasteiger partial charge is 0.480 e. The minimum absolute atomic E-state index is 0.0735. The van der Waals surface area contributed by atoms with Crippen LogP contribution >= 0.6 is 0 Å². The van der Waals surface area contributed by atoms with E-state index in [1.54, 1.807) is 6.92 Å². The van der Waals surface area contributed by atoms with Gasteiger partial charge in [0.1, 0.15) is 6.04 Å². The molecular weight excluding hydrogens is 320 g/mol. The summed E-state index contributed by atoms with van der Waals surface area (Å²) in [5.41, 5.74) is 0.286. The van der Waals surface area contributed by atoms with Gasteiger partial charge in [-0.1, -0.05) is 6.92 Å². The third-order valence-electron chi connectivity index (χ3n) is 3.79. The van der Waals surface area contributed by atoms with Crippen molar-refractivity contribution in [1.82, 2.24) is 9.62 Å². The van der Waals surface area contributed by atoms with Crippen LogP contribution in [0.25, 0.3) is 0 Å². The maximum atomic E-state index is 12.5. The van der Waals surface area contributed by atoms with Crippen LogP contribution in [-0.4, -0.2) is 49.4 Å². The molecular formula is C15H20N2O5S. The molecule has 1 aromatic carbocycles. The highest BCUT2D eigenvalue weighted by atomic mass is 32.2. The number of nitrogens with one attached hydrogen (secondary N) is 1. The summed E-state index contributed by atoms with van der Waals surface area (Å²) in [5, 5.41) is 9.23. The highest BCUT2D eigenvalue weighted by Crippen LogP contribution is 2.20. The van der Waals surface area contributed by atoms with E-state index in [1.165, 1.54) is 29.2 Å². The van der Waals surface area contributed by atoms with Crippen LogP contribution in [0.4, 0.5) is 0 Å². The molecule has 0 aromatic heterocycles. The molecule has 1 saturated heterocycles. The van der Waals surface area contributed by atoms with Crippen LogP contribution in [0.5, 0.6) is 0 Å². The average molecular weight is 340 g/mol. The Labute approximate surface area is 135 Å². The monoisotopic (exact) mass is 340 g/mol. The molecule has 1 atom stereocenters. The van der Waals surface area contributed by atoms with E-state index in [1.807, 2.05) is 0 Å². The number of aliphatic carboxylic acids is 1. The summed E-state index contributed by atoms with van der Waals surface area (Å²) in [6.07, 6.45) is 1.98. The van der Waals surface area contributed by atoms with E-state index in [4.69, 9.17) is 0 Å². The molecule has 0 unspecified atom stereocenters. The van der Waals surface area contributed by atoms with Gasteiger partial charge in [-0.05, 0) is 43.5 Å². The fourth-order valence-corrected chi connectivity index (χ4v) is 3.69. The van der Waals surface area contributed by atoms with Crippen LogP contribution in [0.15, 0.2) is 29.2 Å². The molecule has 1 fully saturated rings. The van der Waals surface area contributed by atoms with Gasteiger partial charge < -0.3 is 10.0 Å². The Hall–Kier alpha value is -1.93. The highest BCUT2D eigenvalue weighted by Gasteiger charge is 2.32. The summed E-state index contributed by atoms with van der Waals surface area (Å²) in [6.45, 7) is 2.35. The van der Waals surface area contributed by atoms with Crippen molar-refractivity contribution >= 4 is 21.9 Å².